The third-order valence-corrected chi connectivity index (χ3v) is 3.19. The van der Waals surface area contributed by atoms with Gasteiger partial charge in [-0.3, -0.25) is 4.79 Å². The Morgan fingerprint density at radius 2 is 2.27 bits per heavy atom. The van der Waals surface area contributed by atoms with Crippen LogP contribution in [0.1, 0.15) is 16.1 Å². The van der Waals surface area contributed by atoms with Gasteiger partial charge in [-0.15, -0.1) is 11.3 Å². The zero-order chi connectivity index (χ0) is 10.8. The first-order chi connectivity index (χ1) is 7.20. The van der Waals surface area contributed by atoms with Crippen LogP contribution in [0, 0.1) is 6.92 Å². The molecule has 15 heavy (non-hydrogen) atoms. The van der Waals surface area contributed by atoms with Gasteiger partial charge in [0.15, 0.2) is 6.29 Å². The number of halogens is 1. The molecular formula is C11H8ClNOS. The van der Waals surface area contributed by atoms with E-state index in [0.29, 0.717) is 10.7 Å². The highest BCUT2D eigenvalue weighted by atomic mass is 35.5. The second kappa shape index (κ2) is 4.13. The summed E-state index contributed by atoms with van der Waals surface area (Å²) in [7, 11) is 0. The molecule has 76 valence electrons. The fourth-order valence-electron chi connectivity index (χ4n) is 1.33. The number of hydrogen-bond acceptors (Lipinski definition) is 3. The molecular weight excluding hydrogens is 230 g/mol. The summed E-state index contributed by atoms with van der Waals surface area (Å²) >= 11 is 7.33. The Kier molecular flexibility index (Phi) is 2.84. The van der Waals surface area contributed by atoms with Crippen molar-refractivity contribution in [2.24, 2.45) is 0 Å². The molecule has 0 N–H and O–H groups in total. The Labute approximate surface area is 96.5 Å². The molecule has 2 aromatic rings. The molecule has 0 unspecified atom stereocenters. The predicted molar refractivity (Wildman–Crippen MR) is 62.7 cm³/mol. The molecule has 0 spiro atoms. The Morgan fingerprint density at radius 3 is 2.87 bits per heavy atom. The van der Waals surface area contributed by atoms with Crippen molar-refractivity contribution in [1.82, 2.24) is 4.98 Å². The van der Waals surface area contributed by atoms with Gasteiger partial charge in [0.25, 0.3) is 0 Å². The highest BCUT2D eigenvalue weighted by Gasteiger charge is 2.07. The predicted octanol–water partition coefficient (Wildman–Crippen LogP) is 3.58. The lowest BCUT2D eigenvalue weighted by Gasteiger charge is -2.01. The van der Waals surface area contributed by atoms with Crippen LogP contribution >= 0.6 is 22.9 Å². The number of hydrogen-bond donors (Lipinski definition) is 0. The number of thiazole rings is 1. The molecule has 2 nitrogen and oxygen atoms in total. The molecule has 0 aliphatic rings. The lowest BCUT2D eigenvalue weighted by Crippen LogP contribution is -1.84. The summed E-state index contributed by atoms with van der Waals surface area (Å²) in [6.07, 6.45) is 0.755. The number of aromatic nitrogens is 1. The van der Waals surface area contributed by atoms with Crippen LogP contribution in [0.5, 0.6) is 0 Å². The van der Waals surface area contributed by atoms with Crippen LogP contribution in [0.3, 0.4) is 0 Å². The maximum absolute atomic E-state index is 10.5. The fourth-order valence-corrected chi connectivity index (χ4v) is 2.41. The van der Waals surface area contributed by atoms with E-state index in [4.69, 9.17) is 11.6 Å². The average Bonchev–Trinajstić information content (AvgIpc) is 2.66. The van der Waals surface area contributed by atoms with Gasteiger partial charge in [-0.1, -0.05) is 17.7 Å². The summed E-state index contributed by atoms with van der Waals surface area (Å²) in [4.78, 5) is 14.7. The Hall–Kier alpha value is -1.19. The van der Waals surface area contributed by atoms with Crippen LogP contribution in [0.25, 0.3) is 10.6 Å². The van der Waals surface area contributed by atoms with Crippen LogP contribution in [0.4, 0.5) is 0 Å². The number of rotatable bonds is 2. The van der Waals surface area contributed by atoms with Crippen LogP contribution < -0.4 is 0 Å². The normalized spacial score (nSPS) is 10.3. The van der Waals surface area contributed by atoms with Crippen LogP contribution in [0.2, 0.25) is 5.02 Å². The monoisotopic (exact) mass is 237 g/mol. The van der Waals surface area contributed by atoms with E-state index in [1.807, 2.05) is 25.1 Å². The van der Waals surface area contributed by atoms with Crippen molar-refractivity contribution in [2.45, 2.75) is 6.92 Å². The molecule has 0 radical (unpaired) electrons. The lowest BCUT2D eigenvalue weighted by atomic mass is 10.1. The van der Waals surface area contributed by atoms with E-state index in [-0.39, 0.29) is 0 Å². The highest BCUT2D eigenvalue weighted by Crippen LogP contribution is 2.28. The maximum Gasteiger partial charge on any atom is 0.169 e. The molecule has 0 atom stereocenters. The summed E-state index contributed by atoms with van der Waals surface area (Å²) in [5.41, 5.74) is 2.57. The van der Waals surface area contributed by atoms with Gasteiger partial charge in [0.05, 0.1) is 0 Å². The number of carbonyl (C=O) groups is 1. The summed E-state index contributed by atoms with van der Waals surface area (Å²) in [5.74, 6) is 0. The van der Waals surface area contributed by atoms with Gasteiger partial charge >= 0.3 is 0 Å². The van der Waals surface area contributed by atoms with E-state index >= 15 is 0 Å². The Bertz CT molecular complexity index is 507. The highest BCUT2D eigenvalue weighted by molar-refractivity contribution is 7.13. The number of nitrogens with zero attached hydrogens (tertiary/aromatic N) is 1. The van der Waals surface area contributed by atoms with Crippen LogP contribution in [0.15, 0.2) is 23.6 Å². The van der Waals surface area contributed by atoms with Crippen molar-refractivity contribution in [3.8, 4) is 10.6 Å². The van der Waals surface area contributed by atoms with Gasteiger partial charge < -0.3 is 0 Å². The maximum atomic E-state index is 10.5. The molecule has 0 fully saturated rings. The number of carbonyl (C=O) groups excluding carboxylic acids is 1. The number of aryl methyl sites for hydroxylation is 1. The molecule has 0 aliphatic carbocycles. The van der Waals surface area contributed by atoms with Crippen molar-refractivity contribution in [1.29, 1.82) is 0 Å². The molecule has 0 bridgehead atoms. The van der Waals surface area contributed by atoms with Crippen molar-refractivity contribution < 1.29 is 4.79 Å². The van der Waals surface area contributed by atoms with Gasteiger partial charge in [0, 0.05) is 16.0 Å². The van der Waals surface area contributed by atoms with Gasteiger partial charge in [-0.2, -0.15) is 0 Å². The standard InChI is InChI=1S/C11H8ClNOS/c1-7-4-8(12)2-3-10(7)11-13-9(5-14)6-15-11/h2-6H,1H3. The van der Waals surface area contributed by atoms with Gasteiger partial charge in [-0.05, 0) is 24.6 Å². The largest absolute Gasteiger partial charge is 0.296 e. The summed E-state index contributed by atoms with van der Waals surface area (Å²) < 4.78 is 0. The topological polar surface area (TPSA) is 30.0 Å². The van der Waals surface area contributed by atoms with E-state index in [2.05, 4.69) is 4.98 Å². The minimum atomic E-state index is 0.476. The van der Waals surface area contributed by atoms with Crippen molar-refractivity contribution in [2.75, 3.05) is 0 Å². The van der Waals surface area contributed by atoms with Gasteiger partial charge in [0.2, 0.25) is 0 Å². The van der Waals surface area contributed by atoms with E-state index in [1.165, 1.54) is 11.3 Å². The Morgan fingerprint density at radius 1 is 1.47 bits per heavy atom. The fraction of sp³-hybridized carbons (Fsp3) is 0.0909. The van der Waals surface area contributed by atoms with Gasteiger partial charge in [0.1, 0.15) is 10.7 Å². The zero-order valence-corrected chi connectivity index (χ0v) is 9.60. The minimum Gasteiger partial charge on any atom is -0.296 e. The molecule has 1 aromatic carbocycles. The van der Waals surface area contributed by atoms with Crippen LogP contribution in [-0.4, -0.2) is 11.3 Å². The minimum absolute atomic E-state index is 0.476. The van der Waals surface area contributed by atoms with Crippen LogP contribution in [-0.2, 0) is 0 Å². The van der Waals surface area contributed by atoms with Gasteiger partial charge in [-0.25, -0.2) is 4.98 Å². The average molecular weight is 238 g/mol. The first-order valence-corrected chi connectivity index (χ1v) is 5.63. The molecule has 0 aliphatic heterocycles. The molecule has 4 heteroatoms. The third-order valence-electron chi connectivity index (χ3n) is 2.06. The SMILES string of the molecule is Cc1cc(Cl)ccc1-c1nc(C=O)cs1. The molecule has 1 aromatic heterocycles. The molecule has 0 saturated carbocycles. The van der Waals surface area contributed by atoms with Crippen molar-refractivity contribution in [3.05, 3.63) is 39.9 Å². The zero-order valence-electron chi connectivity index (χ0n) is 8.03. The van der Waals surface area contributed by atoms with E-state index < -0.39 is 0 Å². The number of aldehydes is 1. The first kappa shape index (κ1) is 10.3. The van der Waals surface area contributed by atoms with Crippen molar-refractivity contribution in [3.63, 3.8) is 0 Å². The summed E-state index contributed by atoms with van der Waals surface area (Å²) in [6, 6.07) is 5.63. The smallest absolute Gasteiger partial charge is 0.169 e. The lowest BCUT2D eigenvalue weighted by molar-refractivity contribution is 0.111. The second-order valence-electron chi connectivity index (χ2n) is 3.15. The third kappa shape index (κ3) is 2.08. The quantitative estimate of drug-likeness (QED) is 0.748. The molecule has 1 heterocycles. The molecule has 2 rings (SSSR count). The summed E-state index contributed by atoms with van der Waals surface area (Å²) in [5, 5.41) is 3.31. The van der Waals surface area contributed by atoms with E-state index in [1.54, 1.807) is 5.38 Å². The van der Waals surface area contributed by atoms with E-state index in [9.17, 15) is 4.79 Å². The molecule has 0 amide bonds. The summed E-state index contributed by atoms with van der Waals surface area (Å²) in [6.45, 7) is 1.98. The van der Waals surface area contributed by atoms with Crippen molar-refractivity contribution >= 4 is 29.2 Å². The molecule has 0 saturated heterocycles. The Balaban J connectivity index is 2.49. The first-order valence-electron chi connectivity index (χ1n) is 4.38. The second-order valence-corrected chi connectivity index (χ2v) is 4.45. The van der Waals surface area contributed by atoms with E-state index in [0.717, 1.165) is 22.4 Å². The number of benzene rings is 1.